The quantitative estimate of drug-likeness (QED) is 0.806. The Morgan fingerprint density at radius 3 is 2.65 bits per heavy atom. The Kier molecular flexibility index (Phi) is 6.52. The fourth-order valence-electron chi connectivity index (χ4n) is 2.35. The number of carbonyl (C=O) groups excluding carboxylic acids is 1. The predicted molar refractivity (Wildman–Crippen MR) is 81.4 cm³/mol. The van der Waals surface area contributed by atoms with Gasteiger partial charge in [0.1, 0.15) is 5.75 Å². The van der Waals surface area contributed by atoms with Crippen LogP contribution in [-0.4, -0.2) is 28.5 Å². The lowest BCUT2D eigenvalue weighted by molar-refractivity contribution is -0.134. The number of hydrogen-bond donors (Lipinski definition) is 2. The lowest BCUT2D eigenvalue weighted by Crippen LogP contribution is -2.44. The zero-order valence-electron chi connectivity index (χ0n) is 12.7. The van der Waals surface area contributed by atoms with Crippen LogP contribution in [-0.2, 0) is 4.79 Å². The summed E-state index contributed by atoms with van der Waals surface area (Å²) in [6.07, 6.45) is 2.72. The second-order valence-corrected chi connectivity index (χ2v) is 5.14. The molecule has 4 nitrogen and oxygen atoms in total. The Hall–Kier alpha value is -1.55. The van der Waals surface area contributed by atoms with Crippen LogP contribution in [0.3, 0.4) is 0 Å². The van der Waals surface area contributed by atoms with Crippen molar-refractivity contribution in [2.24, 2.45) is 5.73 Å². The third-order valence-corrected chi connectivity index (χ3v) is 3.63. The summed E-state index contributed by atoms with van der Waals surface area (Å²) in [4.78, 5) is 14.2. The smallest absolute Gasteiger partial charge is 0.239 e. The van der Waals surface area contributed by atoms with E-state index in [0.717, 1.165) is 24.8 Å². The number of rotatable bonds is 7. The van der Waals surface area contributed by atoms with Gasteiger partial charge in [-0.1, -0.05) is 31.9 Å². The van der Waals surface area contributed by atoms with Gasteiger partial charge in [0.2, 0.25) is 5.91 Å². The standard InChI is InChI=1S/C16H26N2O2/c1-4-6-10-15(17)16(20)18(5-2)12(3)13-8-7-9-14(19)11-13/h7-9,11-12,15,19H,4-6,10,17H2,1-3H3. The van der Waals surface area contributed by atoms with E-state index >= 15 is 0 Å². The normalized spacial score (nSPS) is 13.8. The molecule has 4 heteroatoms. The number of carbonyl (C=O) groups is 1. The van der Waals surface area contributed by atoms with Crippen LogP contribution in [0.1, 0.15) is 51.6 Å². The number of nitrogens with zero attached hydrogens (tertiary/aromatic N) is 1. The molecule has 1 rings (SSSR count). The van der Waals surface area contributed by atoms with E-state index in [-0.39, 0.29) is 17.7 Å². The Morgan fingerprint density at radius 1 is 1.40 bits per heavy atom. The minimum atomic E-state index is -0.436. The monoisotopic (exact) mass is 278 g/mol. The first-order chi connectivity index (χ1) is 9.51. The van der Waals surface area contributed by atoms with Crippen molar-refractivity contribution < 1.29 is 9.90 Å². The molecule has 3 N–H and O–H groups in total. The molecule has 0 saturated heterocycles. The van der Waals surface area contributed by atoms with Gasteiger partial charge < -0.3 is 15.7 Å². The molecule has 112 valence electrons. The van der Waals surface area contributed by atoms with E-state index in [4.69, 9.17) is 5.73 Å². The van der Waals surface area contributed by atoms with Crippen LogP contribution >= 0.6 is 0 Å². The molecule has 0 aromatic heterocycles. The molecule has 2 atom stereocenters. The SMILES string of the molecule is CCCCC(N)C(=O)N(CC)C(C)c1cccc(O)c1. The number of amides is 1. The topological polar surface area (TPSA) is 66.6 Å². The average molecular weight is 278 g/mol. The number of likely N-dealkylation sites (N-methyl/N-ethyl adjacent to an activating group) is 1. The predicted octanol–water partition coefficient (Wildman–Crippen LogP) is 2.82. The van der Waals surface area contributed by atoms with Crippen LogP contribution in [0, 0.1) is 0 Å². The van der Waals surface area contributed by atoms with E-state index in [2.05, 4.69) is 6.92 Å². The van der Waals surface area contributed by atoms with Crippen molar-refractivity contribution in [1.82, 2.24) is 4.90 Å². The summed E-state index contributed by atoms with van der Waals surface area (Å²) in [6, 6.07) is 6.50. The van der Waals surface area contributed by atoms with Crippen molar-refractivity contribution in [1.29, 1.82) is 0 Å². The summed E-state index contributed by atoms with van der Waals surface area (Å²) in [5.41, 5.74) is 6.90. The van der Waals surface area contributed by atoms with Crippen molar-refractivity contribution in [2.75, 3.05) is 6.54 Å². The molecule has 0 bridgehead atoms. The van der Waals surface area contributed by atoms with Crippen LogP contribution < -0.4 is 5.73 Å². The lowest BCUT2D eigenvalue weighted by atomic mass is 10.0. The van der Waals surface area contributed by atoms with Gasteiger partial charge in [0, 0.05) is 6.54 Å². The summed E-state index contributed by atoms with van der Waals surface area (Å²) in [6.45, 7) is 6.60. The molecule has 20 heavy (non-hydrogen) atoms. The number of phenolic OH excluding ortho intramolecular Hbond substituents is 1. The molecular weight excluding hydrogens is 252 g/mol. The van der Waals surface area contributed by atoms with Gasteiger partial charge in [0.25, 0.3) is 0 Å². The van der Waals surface area contributed by atoms with Crippen LogP contribution in [0.15, 0.2) is 24.3 Å². The molecule has 0 aliphatic rings. The molecule has 0 aliphatic heterocycles. The van der Waals surface area contributed by atoms with Gasteiger partial charge in [-0.15, -0.1) is 0 Å². The minimum absolute atomic E-state index is 0.0169. The van der Waals surface area contributed by atoms with E-state index in [1.807, 2.05) is 19.9 Å². The highest BCUT2D eigenvalue weighted by Gasteiger charge is 2.24. The highest BCUT2D eigenvalue weighted by molar-refractivity contribution is 5.82. The molecule has 0 spiro atoms. The maximum Gasteiger partial charge on any atom is 0.239 e. The van der Waals surface area contributed by atoms with Gasteiger partial charge >= 0.3 is 0 Å². The van der Waals surface area contributed by atoms with Crippen LogP contribution in [0.25, 0.3) is 0 Å². The number of unbranched alkanes of at least 4 members (excludes halogenated alkanes) is 1. The number of aromatic hydroxyl groups is 1. The molecular formula is C16H26N2O2. The van der Waals surface area contributed by atoms with Gasteiger partial charge in [0.05, 0.1) is 12.1 Å². The van der Waals surface area contributed by atoms with Crippen molar-refractivity contribution in [3.05, 3.63) is 29.8 Å². The summed E-state index contributed by atoms with van der Waals surface area (Å²) in [5.74, 6) is 0.199. The fraction of sp³-hybridized carbons (Fsp3) is 0.562. The summed E-state index contributed by atoms with van der Waals surface area (Å²) < 4.78 is 0. The average Bonchev–Trinajstić information content (AvgIpc) is 2.45. The third kappa shape index (κ3) is 4.23. The second kappa shape index (κ2) is 7.90. The van der Waals surface area contributed by atoms with Gasteiger partial charge in [-0.05, 0) is 38.0 Å². The van der Waals surface area contributed by atoms with Gasteiger partial charge in [-0.2, -0.15) is 0 Å². The fourth-order valence-corrected chi connectivity index (χ4v) is 2.35. The highest BCUT2D eigenvalue weighted by Crippen LogP contribution is 2.24. The largest absolute Gasteiger partial charge is 0.508 e. The molecule has 1 aromatic rings. The minimum Gasteiger partial charge on any atom is -0.508 e. The maximum absolute atomic E-state index is 12.4. The highest BCUT2D eigenvalue weighted by atomic mass is 16.3. The Morgan fingerprint density at radius 2 is 2.10 bits per heavy atom. The number of nitrogens with two attached hydrogens (primary N) is 1. The van der Waals surface area contributed by atoms with E-state index in [0.29, 0.717) is 6.54 Å². The molecule has 2 unspecified atom stereocenters. The lowest BCUT2D eigenvalue weighted by Gasteiger charge is -2.30. The first-order valence-corrected chi connectivity index (χ1v) is 7.36. The Balaban J connectivity index is 2.81. The van der Waals surface area contributed by atoms with E-state index in [1.54, 1.807) is 23.1 Å². The van der Waals surface area contributed by atoms with Gasteiger partial charge in [-0.25, -0.2) is 0 Å². The van der Waals surface area contributed by atoms with Crippen LogP contribution in [0.5, 0.6) is 5.75 Å². The molecule has 0 radical (unpaired) electrons. The van der Waals surface area contributed by atoms with Crippen molar-refractivity contribution in [2.45, 2.75) is 52.1 Å². The Bertz CT molecular complexity index is 434. The Labute approximate surface area is 121 Å². The number of phenols is 1. The van der Waals surface area contributed by atoms with Crippen molar-refractivity contribution in [3.63, 3.8) is 0 Å². The zero-order valence-corrected chi connectivity index (χ0v) is 12.7. The van der Waals surface area contributed by atoms with Crippen LogP contribution in [0.4, 0.5) is 0 Å². The molecule has 0 heterocycles. The number of benzene rings is 1. The van der Waals surface area contributed by atoms with Crippen molar-refractivity contribution >= 4 is 5.91 Å². The molecule has 0 saturated carbocycles. The van der Waals surface area contributed by atoms with Gasteiger partial charge in [0.15, 0.2) is 0 Å². The summed E-state index contributed by atoms with van der Waals surface area (Å²) in [5, 5.41) is 9.55. The third-order valence-electron chi connectivity index (χ3n) is 3.63. The van der Waals surface area contributed by atoms with Gasteiger partial charge in [-0.3, -0.25) is 4.79 Å². The van der Waals surface area contributed by atoms with Crippen LogP contribution in [0.2, 0.25) is 0 Å². The van der Waals surface area contributed by atoms with E-state index < -0.39 is 6.04 Å². The summed E-state index contributed by atoms with van der Waals surface area (Å²) in [7, 11) is 0. The molecule has 0 aliphatic carbocycles. The second-order valence-electron chi connectivity index (χ2n) is 5.14. The molecule has 1 amide bonds. The van der Waals surface area contributed by atoms with E-state index in [9.17, 15) is 9.90 Å². The first kappa shape index (κ1) is 16.5. The van der Waals surface area contributed by atoms with Crippen molar-refractivity contribution in [3.8, 4) is 5.75 Å². The summed E-state index contributed by atoms with van der Waals surface area (Å²) >= 11 is 0. The number of hydrogen-bond acceptors (Lipinski definition) is 3. The van der Waals surface area contributed by atoms with E-state index in [1.165, 1.54) is 0 Å². The first-order valence-electron chi connectivity index (χ1n) is 7.36. The zero-order chi connectivity index (χ0) is 15.1. The molecule has 1 aromatic carbocycles. The molecule has 0 fully saturated rings. The maximum atomic E-state index is 12.4.